The van der Waals surface area contributed by atoms with Gasteiger partial charge in [-0.1, -0.05) is 35.0 Å². The van der Waals surface area contributed by atoms with E-state index in [9.17, 15) is 4.79 Å². The van der Waals surface area contributed by atoms with Crippen molar-refractivity contribution in [2.24, 2.45) is 0 Å². The predicted octanol–water partition coefficient (Wildman–Crippen LogP) is 1.64. The fourth-order valence-corrected chi connectivity index (χ4v) is 2.65. The summed E-state index contributed by atoms with van der Waals surface area (Å²) < 4.78 is 10.6. The topological polar surface area (TPSA) is 67.6 Å². The summed E-state index contributed by atoms with van der Waals surface area (Å²) in [7, 11) is 0. The lowest BCUT2D eigenvalue weighted by Crippen LogP contribution is -2.41. The minimum atomic E-state index is -0.0352. The van der Waals surface area contributed by atoms with Crippen LogP contribution in [0, 0.1) is 6.92 Å². The highest BCUT2D eigenvalue weighted by Crippen LogP contribution is 2.20. The lowest BCUT2D eigenvalue weighted by atomic mass is 10.1. The highest BCUT2D eigenvalue weighted by molar-refractivity contribution is 5.78. The minimum Gasteiger partial charge on any atom is -0.379 e. The van der Waals surface area contributed by atoms with Crippen LogP contribution < -0.4 is 5.32 Å². The Hall–Kier alpha value is -2.18. The van der Waals surface area contributed by atoms with E-state index in [-0.39, 0.29) is 12.3 Å². The van der Waals surface area contributed by atoms with Crippen LogP contribution in [0.15, 0.2) is 34.9 Å². The summed E-state index contributed by atoms with van der Waals surface area (Å²) in [6.07, 6.45) is 0.235. The first kappa shape index (κ1) is 16.7. The molecular weight excluding hydrogens is 306 g/mol. The van der Waals surface area contributed by atoms with Crippen LogP contribution in [0.5, 0.6) is 0 Å². The van der Waals surface area contributed by atoms with Crippen LogP contribution in [0.25, 0.3) is 11.3 Å². The van der Waals surface area contributed by atoms with Crippen molar-refractivity contribution in [1.29, 1.82) is 0 Å². The Morgan fingerprint density at radius 2 is 2.00 bits per heavy atom. The molecule has 0 radical (unpaired) electrons. The Labute approximate surface area is 141 Å². The molecule has 6 heteroatoms. The van der Waals surface area contributed by atoms with Crippen LogP contribution >= 0.6 is 0 Å². The zero-order valence-electron chi connectivity index (χ0n) is 14.0. The largest absolute Gasteiger partial charge is 0.379 e. The lowest BCUT2D eigenvalue weighted by molar-refractivity contribution is -0.120. The average Bonchev–Trinajstić information content (AvgIpc) is 3.05. The van der Waals surface area contributed by atoms with Gasteiger partial charge in [0.2, 0.25) is 5.91 Å². The molecule has 1 saturated heterocycles. The third kappa shape index (κ3) is 4.66. The van der Waals surface area contributed by atoms with E-state index in [1.807, 2.05) is 37.3 Å². The van der Waals surface area contributed by atoms with Crippen LogP contribution in [0.1, 0.15) is 11.3 Å². The highest BCUT2D eigenvalue weighted by Gasteiger charge is 2.12. The predicted molar refractivity (Wildman–Crippen MR) is 90.6 cm³/mol. The smallest absolute Gasteiger partial charge is 0.226 e. The number of carbonyl (C=O) groups is 1. The first-order chi connectivity index (χ1) is 11.7. The number of hydrogen-bond acceptors (Lipinski definition) is 5. The summed E-state index contributed by atoms with van der Waals surface area (Å²) in [6.45, 7) is 6.93. The molecule has 24 heavy (non-hydrogen) atoms. The normalized spacial score (nSPS) is 15.4. The molecule has 0 saturated carbocycles. The Bertz CT molecular complexity index is 660. The summed E-state index contributed by atoms with van der Waals surface area (Å²) in [5, 5.41) is 6.92. The van der Waals surface area contributed by atoms with Crippen LogP contribution in [0.4, 0.5) is 0 Å². The highest BCUT2D eigenvalue weighted by atomic mass is 16.5. The van der Waals surface area contributed by atoms with Gasteiger partial charge in [-0.05, 0) is 6.92 Å². The zero-order chi connectivity index (χ0) is 16.8. The standard InChI is InChI=1S/C18H23N3O3/c1-14-2-4-15(5-3-14)17-12-16(20-24-17)13-18(22)19-6-7-21-8-10-23-11-9-21/h2-5,12H,6-11,13H2,1H3,(H,19,22). The molecule has 1 N–H and O–H groups in total. The molecule has 0 spiro atoms. The number of ether oxygens (including phenoxy) is 1. The molecule has 6 nitrogen and oxygen atoms in total. The Morgan fingerprint density at radius 1 is 1.25 bits per heavy atom. The maximum atomic E-state index is 12.0. The fourth-order valence-electron chi connectivity index (χ4n) is 2.65. The number of carbonyl (C=O) groups excluding carboxylic acids is 1. The van der Waals surface area contributed by atoms with Gasteiger partial charge in [-0.15, -0.1) is 0 Å². The number of aromatic nitrogens is 1. The number of amides is 1. The maximum absolute atomic E-state index is 12.0. The lowest BCUT2D eigenvalue weighted by Gasteiger charge is -2.26. The number of hydrogen-bond donors (Lipinski definition) is 1. The summed E-state index contributed by atoms with van der Waals surface area (Å²) in [5.41, 5.74) is 2.81. The van der Waals surface area contributed by atoms with E-state index in [4.69, 9.17) is 9.26 Å². The van der Waals surface area contributed by atoms with E-state index in [2.05, 4.69) is 15.4 Å². The SMILES string of the molecule is Cc1ccc(-c2cc(CC(=O)NCCN3CCOCC3)no2)cc1. The number of nitrogens with zero attached hydrogens (tertiary/aromatic N) is 2. The molecule has 1 aromatic heterocycles. The first-order valence-electron chi connectivity index (χ1n) is 8.30. The number of nitrogens with one attached hydrogen (secondary N) is 1. The molecule has 3 rings (SSSR count). The van der Waals surface area contributed by atoms with Crippen molar-refractivity contribution in [2.45, 2.75) is 13.3 Å². The molecule has 0 aliphatic carbocycles. The van der Waals surface area contributed by atoms with Gasteiger partial charge in [0.05, 0.1) is 25.3 Å². The van der Waals surface area contributed by atoms with Gasteiger partial charge in [-0.2, -0.15) is 0 Å². The minimum absolute atomic E-state index is 0.0352. The van der Waals surface area contributed by atoms with Gasteiger partial charge >= 0.3 is 0 Å². The number of aryl methyl sites for hydroxylation is 1. The van der Waals surface area contributed by atoms with Crippen LogP contribution in [-0.2, 0) is 16.0 Å². The van der Waals surface area contributed by atoms with E-state index in [0.29, 0.717) is 18.0 Å². The van der Waals surface area contributed by atoms with E-state index in [1.54, 1.807) is 0 Å². The van der Waals surface area contributed by atoms with Crippen molar-refractivity contribution in [3.8, 4) is 11.3 Å². The van der Waals surface area contributed by atoms with E-state index < -0.39 is 0 Å². The summed E-state index contributed by atoms with van der Waals surface area (Å²) in [6, 6.07) is 9.85. The van der Waals surface area contributed by atoms with Gasteiger partial charge in [-0.25, -0.2) is 0 Å². The maximum Gasteiger partial charge on any atom is 0.226 e. The second kappa shape index (κ2) is 8.08. The van der Waals surface area contributed by atoms with Gasteiger partial charge in [-0.3, -0.25) is 9.69 Å². The molecule has 0 unspecified atom stereocenters. The molecule has 2 aromatic rings. The zero-order valence-corrected chi connectivity index (χ0v) is 14.0. The molecular formula is C18H23N3O3. The molecule has 1 aliphatic rings. The summed E-state index contributed by atoms with van der Waals surface area (Å²) >= 11 is 0. The second-order valence-corrected chi connectivity index (χ2v) is 6.03. The fraction of sp³-hybridized carbons (Fsp3) is 0.444. The van der Waals surface area contributed by atoms with E-state index in [1.165, 1.54) is 5.56 Å². The Kier molecular flexibility index (Phi) is 5.61. The molecule has 1 aliphatic heterocycles. The van der Waals surface area contributed by atoms with Crippen LogP contribution in [-0.4, -0.2) is 55.4 Å². The molecule has 0 atom stereocenters. The summed E-state index contributed by atoms with van der Waals surface area (Å²) in [4.78, 5) is 14.3. The number of benzene rings is 1. The van der Waals surface area contributed by atoms with Crippen molar-refractivity contribution in [3.63, 3.8) is 0 Å². The average molecular weight is 329 g/mol. The first-order valence-corrected chi connectivity index (χ1v) is 8.30. The van der Waals surface area contributed by atoms with Gasteiger partial charge in [0.25, 0.3) is 0 Å². The van der Waals surface area contributed by atoms with Crippen LogP contribution in [0.3, 0.4) is 0 Å². The Balaban J connectivity index is 1.45. The number of rotatable bonds is 6. The van der Waals surface area contributed by atoms with Gasteiger partial charge in [0.15, 0.2) is 5.76 Å². The molecule has 2 heterocycles. The van der Waals surface area contributed by atoms with Crippen molar-refractivity contribution in [1.82, 2.24) is 15.4 Å². The van der Waals surface area contributed by atoms with Crippen LogP contribution in [0.2, 0.25) is 0 Å². The van der Waals surface area contributed by atoms with E-state index >= 15 is 0 Å². The number of morpholine rings is 1. The van der Waals surface area contributed by atoms with Crippen molar-refractivity contribution < 1.29 is 14.1 Å². The van der Waals surface area contributed by atoms with E-state index in [0.717, 1.165) is 38.4 Å². The van der Waals surface area contributed by atoms with Gasteiger partial charge in [0, 0.05) is 37.8 Å². The molecule has 0 bridgehead atoms. The van der Waals surface area contributed by atoms with Gasteiger partial charge in [0.1, 0.15) is 0 Å². The quantitative estimate of drug-likeness (QED) is 0.873. The Morgan fingerprint density at radius 3 is 2.75 bits per heavy atom. The molecule has 128 valence electrons. The van der Waals surface area contributed by atoms with Crippen molar-refractivity contribution >= 4 is 5.91 Å². The molecule has 1 fully saturated rings. The van der Waals surface area contributed by atoms with Crippen molar-refractivity contribution in [2.75, 3.05) is 39.4 Å². The second-order valence-electron chi connectivity index (χ2n) is 6.03. The molecule has 1 aromatic carbocycles. The third-order valence-corrected chi connectivity index (χ3v) is 4.09. The summed E-state index contributed by atoms with van der Waals surface area (Å²) in [5.74, 6) is 0.651. The molecule has 1 amide bonds. The third-order valence-electron chi connectivity index (χ3n) is 4.09. The van der Waals surface area contributed by atoms with Gasteiger partial charge < -0.3 is 14.6 Å². The van der Waals surface area contributed by atoms with Crippen molar-refractivity contribution in [3.05, 3.63) is 41.6 Å². The monoisotopic (exact) mass is 329 g/mol.